The maximum absolute atomic E-state index is 5.70. The summed E-state index contributed by atoms with van der Waals surface area (Å²) in [7, 11) is 6.37. The molecule has 0 rings (SSSR count). The minimum absolute atomic E-state index is 0.0227. The van der Waals surface area contributed by atoms with Crippen LogP contribution in [-0.4, -0.2) is 55.6 Å². The number of rotatable bonds is 8. The van der Waals surface area contributed by atoms with Crippen LogP contribution in [0.2, 0.25) is 0 Å². The van der Waals surface area contributed by atoms with Gasteiger partial charge in [-0.3, -0.25) is 0 Å². The van der Waals surface area contributed by atoms with E-state index in [1.807, 2.05) is 0 Å². The third-order valence-corrected chi connectivity index (χ3v) is 3.48. The zero-order valence-electron chi connectivity index (χ0n) is 11.4. The highest BCUT2D eigenvalue weighted by Gasteiger charge is 2.21. The van der Waals surface area contributed by atoms with Crippen molar-refractivity contribution >= 4 is 17.2 Å². The van der Waals surface area contributed by atoms with Gasteiger partial charge in [0.15, 0.2) is 0 Å². The topological polar surface area (TPSA) is 32.5 Å². The van der Waals surface area contributed by atoms with Gasteiger partial charge in [-0.1, -0.05) is 26.1 Å². The van der Waals surface area contributed by atoms with Gasteiger partial charge in [0.25, 0.3) is 0 Å². The van der Waals surface area contributed by atoms with E-state index in [9.17, 15) is 0 Å². The molecule has 0 aliphatic rings. The van der Waals surface area contributed by atoms with Crippen LogP contribution in [0.4, 0.5) is 0 Å². The molecule has 4 heteroatoms. The first-order chi connectivity index (χ1) is 7.25. The molecular weight excluding hydrogens is 218 g/mol. The second-order valence-corrected chi connectivity index (χ2v) is 5.90. The van der Waals surface area contributed by atoms with Gasteiger partial charge in [0, 0.05) is 5.41 Å². The zero-order valence-corrected chi connectivity index (χ0v) is 12.2. The first-order valence-corrected chi connectivity index (χ1v) is 6.29. The summed E-state index contributed by atoms with van der Waals surface area (Å²) in [6.07, 6.45) is 2.23. The molecule has 2 N–H and O–H groups in total. The van der Waals surface area contributed by atoms with E-state index >= 15 is 0 Å². The Balaban J connectivity index is 3.73. The van der Waals surface area contributed by atoms with Gasteiger partial charge in [0.2, 0.25) is 0 Å². The monoisotopic (exact) mass is 245 g/mol. The summed E-state index contributed by atoms with van der Waals surface area (Å²) in [4.78, 5) is 5.19. The molecule has 16 heavy (non-hydrogen) atoms. The van der Waals surface area contributed by atoms with Crippen LogP contribution in [0.1, 0.15) is 26.7 Å². The van der Waals surface area contributed by atoms with E-state index in [0.717, 1.165) is 26.1 Å². The van der Waals surface area contributed by atoms with Gasteiger partial charge in [-0.25, -0.2) is 0 Å². The van der Waals surface area contributed by atoms with Crippen LogP contribution < -0.4 is 5.73 Å². The van der Waals surface area contributed by atoms with Crippen molar-refractivity contribution in [3.63, 3.8) is 0 Å². The van der Waals surface area contributed by atoms with Crippen molar-refractivity contribution in [1.29, 1.82) is 0 Å². The Kier molecular flexibility index (Phi) is 7.11. The average Bonchev–Trinajstić information content (AvgIpc) is 2.14. The smallest absolute Gasteiger partial charge is 0.0784 e. The fourth-order valence-corrected chi connectivity index (χ4v) is 1.46. The summed E-state index contributed by atoms with van der Waals surface area (Å²) < 4.78 is 0. The minimum atomic E-state index is -0.0227. The first-order valence-electron chi connectivity index (χ1n) is 5.89. The van der Waals surface area contributed by atoms with Crippen LogP contribution in [0.5, 0.6) is 0 Å². The van der Waals surface area contributed by atoms with Crippen molar-refractivity contribution in [2.75, 3.05) is 40.8 Å². The van der Waals surface area contributed by atoms with Gasteiger partial charge < -0.3 is 15.5 Å². The molecule has 0 amide bonds. The third-order valence-electron chi connectivity index (χ3n) is 2.93. The normalized spacial score (nSPS) is 12.4. The molecule has 0 bridgehead atoms. The van der Waals surface area contributed by atoms with Crippen LogP contribution >= 0.6 is 12.2 Å². The Hall–Kier alpha value is -0.190. The fraction of sp³-hybridized carbons (Fsp3) is 0.917. The predicted molar refractivity (Wildman–Crippen MR) is 75.9 cm³/mol. The summed E-state index contributed by atoms with van der Waals surface area (Å²) in [5.74, 6) is 0. The van der Waals surface area contributed by atoms with E-state index in [1.54, 1.807) is 0 Å². The second-order valence-electron chi connectivity index (χ2n) is 5.46. The zero-order chi connectivity index (χ0) is 12.8. The molecule has 3 nitrogen and oxygen atoms in total. The van der Waals surface area contributed by atoms with Gasteiger partial charge in [-0.2, -0.15) is 0 Å². The summed E-state index contributed by atoms with van der Waals surface area (Å²) in [5.41, 5.74) is 5.68. The Bertz CT molecular complexity index is 214. The predicted octanol–water partition coefficient (Wildman–Crippen LogP) is 1.57. The second kappa shape index (κ2) is 7.20. The largest absolute Gasteiger partial charge is 0.393 e. The molecule has 0 aliphatic carbocycles. The van der Waals surface area contributed by atoms with E-state index in [0.29, 0.717) is 4.99 Å². The molecule has 0 aromatic carbocycles. The SMILES string of the molecule is CN(C)CCCN(C)CCC(C)(C)C(N)=S. The van der Waals surface area contributed by atoms with Crippen LogP contribution in [0.15, 0.2) is 0 Å². The van der Waals surface area contributed by atoms with Crippen LogP contribution in [-0.2, 0) is 0 Å². The maximum Gasteiger partial charge on any atom is 0.0784 e. The van der Waals surface area contributed by atoms with Crippen molar-refractivity contribution in [3.8, 4) is 0 Å². The summed E-state index contributed by atoms with van der Waals surface area (Å²) in [6, 6.07) is 0. The quantitative estimate of drug-likeness (QED) is 0.658. The van der Waals surface area contributed by atoms with E-state index in [-0.39, 0.29) is 5.41 Å². The van der Waals surface area contributed by atoms with Crippen molar-refractivity contribution in [2.45, 2.75) is 26.7 Å². The van der Waals surface area contributed by atoms with Crippen LogP contribution in [0.25, 0.3) is 0 Å². The molecule has 0 radical (unpaired) electrons. The van der Waals surface area contributed by atoms with Crippen molar-refractivity contribution in [3.05, 3.63) is 0 Å². The summed E-state index contributed by atoms with van der Waals surface area (Å²) >= 11 is 5.06. The molecule has 0 unspecified atom stereocenters. The van der Waals surface area contributed by atoms with E-state index < -0.39 is 0 Å². The average molecular weight is 245 g/mol. The van der Waals surface area contributed by atoms with Gasteiger partial charge >= 0.3 is 0 Å². The number of nitrogens with zero attached hydrogens (tertiary/aromatic N) is 2. The molecular formula is C12H27N3S. The standard InChI is InChI=1S/C12H27N3S/c1-12(2,11(13)16)7-10-15(5)9-6-8-14(3)4/h6-10H2,1-5H3,(H2,13,16). The van der Waals surface area contributed by atoms with Gasteiger partial charge in [-0.15, -0.1) is 0 Å². The molecule has 0 aliphatic heterocycles. The number of nitrogens with two attached hydrogens (primary N) is 1. The van der Waals surface area contributed by atoms with Crippen LogP contribution in [0.3, 0.4) is 0 Å². The van der Waals surface area contributed by atoms with E-state index in [2.05, 4.69) is 44.8 Å². The lowest BCUT2D eigenvalue weighted by Crippen LogP contribution is -2.34. The Morgan fingerprint density at radius 3 is 2.12 bits per heavy atom. The van der Waals surface area contributed by atoms with Gasteiger partial charge in [0.05, 0.1) is 4.99 Å². The van der Waals surface area contributed by atoms with Crippen molar-refractivity contribution < 1.29 is 0 Å². The molecule has 0 saturated carbocycles. The first kappa shape index (κ1) is 15.8. The third kappa shape index (κ3) is 7.14. The number of hydrogen-bond donors (Lipinski definition) is 1. The fourth-order valence-electron chi connectivity index (χ4n) is 1.36. The lowest BCUT2D eigenvalue weighted by Gasteiger charge is -2.26. The lowest BCUT2D eigenvalue weighted by molar-refractivity contribution is 0.273. The number of hydrogen-bond acceptors (Lipinski definition) is 3. The molecule has 0 fully saturated rings. The van der Waals surface area contributed by atoms with Crippen molar-refractivity contribution in [2.24, 2.45) is 11.1 Å². The van der Waals surface area contributed by atoms with Gasteiger partial charge in [0.1, 0.15) is 0 Å². The Morgan fingerprint density at radius 2 is 1.69 bits per heavy atom. The van der Waals surface area contributed by atoms with Crippen molar-refractivity contribution in [1.82, 2.24) is 9.80 Å². The van der Waals surface area contributed by atoms with Gasteiger partial charge in [-0.05, 0) is 53.6 Å². The van der Waals surface area contributed by atoms with E-state index in [1.165, 1.54) is 6.42 Å². The Morgan fingerprint density at radius 1 is 1.12 bits per heavy atom. The Labute approximate surface area is 106 Å². The molecule has 0 heterocycles. The summed E-state index contributed by atoms with van der Waals surface area (Å²) in [5, 5.41) is 0. The lowest BCUT2D eigenvalue weighted by atomic mass is 9.89. The summed E-state index contributed by atoms with van der Waals surface area (Å²) in [6.45, 7) is 7.55. The van der Waals surface area contributed by atoms with Crippen LogP contribution in [0, 0.1) is 5.41 Å². The molecule has 0 atom stereocenters. The number of thiocarbonyl (C=S) groups is 1. The minimum Gasteiger partial charge on any atom is -0.393 e. The highest BCUT2D eigenvalue weighted by atomic mass is 32.1. The maximum atomic E-state index is 5.70. The highest BCUT2D eigenvalue weighted by molar-refractivity contribution is 7.80. The van der Waals surface area contributed by atoms with E-state index in [4.69, 9.17) is 18.0 Å². The molecule has 96 valence electrons. The molecule has 0 aromatic rings. The molecule has 0 saturated heterocycles. The molecule has 0 aromatic heterocycles. The molecule has 0 spiro atoms. The highest BCUT2D eigenvalue weighted by Crippen LogP contribution is 2.20.